The van der Waals surface area contributed by atoms with Crippen LogP contribution >= 0.6 is 0 Å². The molecule has 186 valence electrons. The summed E-state index contributed by atoms with van der Waals surface area (Å²) in [6.07, 6.45) is 3.13. The van der Waals surface area contributed by atoms with Gasteiger partial charge in [-0.3, -0.25) is 14.4 Å². The zero-order valence-corrected chi connectivity index (χ0v) is 19.8. The number of nitrogens with zero attached hydrogens (tertiary/aromatic N) is 1. The summed E-state index contributed by atoms with van der Waals surface area (Å²) >= 11 is 0. The van der Waals surface area contributed by atoms with Gasteiger partial charge >= 0.3 is 11.8 Å². The molecular formula is C25H30N4O6. The number of amides is 3. The molecule has 1 saturated heterocycles. The van der Waals surface area contributed by atoms with Crippen LogP contribution in [-0.2, 0) is 19.1 Å². The second-order valence-corrected chi connectivity index (χ2v) is 7.84. The molecule has 10 nitrogen and oxygen atoms in total. The van der Waals surface area contributed by atoms with Gasteiger partial charge in [-0.1, -0.05) is 18.2 Å². The van der Waals surface area contributed by atoms with Crippen molar-refractivity contribution < 1.29 is 28.6 Å². The van der Waals surface area contributed by atoms with E-state index in [9.17, 15) is 14.4 Å². The van der Waals surface area contributed by atoms with Crippen LogP contribution in [0.1, 0.15) is 30.9 Å². The summed E-state index contributed by atoms with van der Waals surface area (Å²) in [5.41, 5.74) is 4.47. The Balaban J connectivity index is 1.51. The maximum absolute atomic E-state index is 12.3. The first kappa shape index (κ1) is 25.7. The third kappa shape index (κ3) is 8.11. The van der Waals surface area contributed by atoms with Gasteiger partial charge in [0.05, 0.1) is 18.9 Å². The highest BCUT2D eigenvalue weighted by molar-refractivity contribution is 6.35. The highest BCUT2D eigenvalue weighted by Crippen LogP contribution is 2.28. The van der Waals surface area contributed by atoms with Crippen molar-refractivity contribution in [1.82, 2.24) is 10.7 Å². The van der Waals surface area contributed by atoms with Crippen LogP contribution in [-0.4, -0.2) is 56.4 Å². The average molecular weight is 483 g/mol. The van der Waals surface area contributed by atoms with Gasteiger partial charge < -0.3 is 24.8 Å². The van der Waals surface area contributed by atoms with Crippen molar-refractivity contribution in [1.29, 1.82) is 0 Å². The van der Waals surface area contributed by atoms with Crippen LogP contribution in [0.4, 0.5) is 5.69 Å². The van der Waals surface area contributed by atoms with E-state index in [1.807, 2.05) is 38.1 Å². The number of hydrazone groups is 1. The fraction of sp³-hybridized carbons (Fsp3) is 0.360. The number of hydrogen-bond donors (Lipinski definition) is 3. The number of rotatable bonds is 10. The lowest BCUT2D eigenvalue weighted by atomic mass is 10.2. The van der Waals surface area contributed by atoms with Gasteiger partial charge in [-0.2, -0.15) is 5.10 Å². The minimum Gasteiger partial charge on any atom is -0.490 e. The Morgan fingerprint density at radius 1 is 1.11 bits per heavy atom. The summed E-state index contributed by atoms with van der Waals surface area (Å²) in [6, 6.07) is 12.5. The van der Waals surface area contributed by atoms with Gasteiger partial charge in [-0.25, -0.2) is 5.43 Å². The molecule has 0 aliphatic carbocycles. The number of aryl methyl sites for hydroxylation is 1. The van der Waals surface area contributed by atoms with Crippen LogP contribution in [0.3, 0.4) is 0 Å². The maximum Gasteiger partial charge on any atom is 0.329 e. The number of anilines is 1. The van der Waals surface area contributed by atoms with E-state index in [1.54, 1.807) is 18.2 Å². The van der Waals surface area contributed by atoms with Crippen LogP contribution in [0.15, 0.2) is 47.6 Å². The van der Waals surface area contributed by atoms with E-state index in [4.69, 9.17) is 14.2 Å². The van der Waals surface area contributed by atoms with Crippen molar-refractivity contribution in [3.05, 3.63) is 53.6 Å². The van der Waals surface area contributed by atoms with Gasteiger partial charge in [0.25, 0.3) is 5.91 Å². The molecule has 1 fully saturated rings. The summed E-state index contributed by atoms with van der Waals surface area (Å²) in [7, 11) is 0. The van der Waals surface area contributed by atoms with Gasteiger partial charge in [-0.05, 0) is 62.1 Å². The largest absolute Gasteiger partial charge is 0.490 e. The van der Waals surface area contributed by atoms with Crippen LogP contribution in [0, 0.1) is 6.92 Å². The molecular weight excluding hydrogens is 452 g/mol. The Morgan fingerprint density at radius 3 is 2.69 bits per heavy atom. The van der Waals surface area contributed by atoms with Gasteiger partial charge in [0, 0.05) is 18.8 Å². The van der Waals surface area contributed by atoms with E-state index in [-0.39, 0.29) is 25.2 Å². The first-order valence-electron chi connectivity index (χ1n) is 11.4. The lowest BCUT2D eigenvalue weighted by Gasteiger charge is -2.13. The molecule has 1 aliphatic rings. The predicted molar refractivity (Wildman–Crippen MR) is 131 cm³/mol. The average Bonchev–Trinajstić information content (AvgIpc) is 3.37. The normalized spacial score (nSPS) is 15.0. The number of carbonyl (C=O) groups is 3. The van der Waals surface area contributed by atoms with Crippen LogP contribution in [0.5, 0.6) is 11.5 Å². The van der Waals surface area contributed by atoms with E-state index in [0.29, 0.717) is 30.3 Å². The molecule has 0 bridgehead atoms. The lowest BCUT2D eigenvalue weighted by Crippen LogP contribution is -2.41. The number of benzene rings is 2. The second-order valence-electron chi connectivity index (χ2n) is 7.84. The fourth-order valence-electron chi connectivity index (χ4n) is 3.34. The maximum atomic E-state index is 12.3. The Hall–Kier alpha value is -3.92. The summed E-state index contributed by atoms with van der Waals surface area (Å²) in [4.78, 5) is 36.0. The lowest BCUT2D eigenvalue weighted by molar-refractivity contribution is -0.139. The molecule has 2 aromatic rings. The number of hydrogen-bond acceptors (Lipinski definition) is 7. The molecule has 0 saturated carbocycles. The summed E-state index contributed by atoms with van der Waals surface area (Å²) in [6.45, 7) is 4.88. The zero-order chi connectivity index (χ0) is 25.0. The molecule has 35 heavy (non-hydrogen) atoms. The van der Waals surface area contributed by atoms with Crippen molar-refractivity contribution in [2.75, 3.05) is 31.7 Å². The van der Waals surface area contributed by atoms with E-state index in [0.717, 1.165) is 24.1 Å². The Kier molecular flexibility index (Phi) is 9.61. The van der Waals surface area contributed by atoms with Gasteiger partial charge in [-0.15, -0.1) is 0 Å². The van der Waals surface area contributed by atoms with Crippen molar-refractivity contribution in [3.63, 3.8) is 0 Å². The zero-order valence-electron chi connectivity index (χ0n) is 19.8. The molecule has 0 aromatic heterocycles. The smallest absolute Gasteiger partial charge is 0.329 e. The molecule has 3 N–H and O–H groups in total. The van der Waals surface area contributed by atoms with Gasteiger partial charge in [0.1, 0.15) is 0 Å². The number of nitrogens with one attached hydrogen (secondary N) is 3. The Bertz CT molecular complexity index is 1070. The predicted octanol–water partition coefficient (Wildman–Crippen LogP) is 2.16. The molecule has 0 radical (unpaired) electrons. The molecule has 2 aromatic carbocycles. The van der Waals surface area contributed by atoms with Crippen molar-refractivity contribution >= 4 is 29.6 Å². The quantitative estimate of drug-likeness (QED) is 0.271. The highest BCUT2D eigenvalue weighted by Gasteiger charge is 2.19. The first-order chi connectivity index (χ1) is 17.0. The topological polar surface area (TPSA) is 127 Å². The molecule has 1 aliphatic heterocycles. The molecule has 3 amide bonds. The van der Waals surface area contributed by atoms with Crippen LogP contribution < -0.4 is 25.5 Å². The summed E-state index contributed by atoms with van der Waals surface area (Å²) in [5, 5.41) is 9.16. The number of carbonyl (C=O) groups excluding carboxylic acids is 3. The summed E-state index contributed by atoms with van der Waals surface area (Å²) in [5.74, 6) is -1.14. The first-order valence-corrected chi connectivity index (χ1v) is 11.4. The van der Waals surface area contributed by atoms with E-state index >= 15 is 0 Å². The molecule has 1 atom stereocenters. The molecule has 0 unspecified atom stereocenters. The summed E-state index contributed by atoms with van der Waals surface area (Å²) < 4.78 is 16.7. The second kappa shape index (κ2) is 13.1. The van der Waals surface area contributed by atoms with E-state index in [2.05, 4.69) is 21.2 Å². The minimum absolute atomic E-state index is 0.0542. The SMILES string of the molecule is CCOc1cc(/C=N\NC(=O)C(=O)NC[C@H]2CCCO2)ccc1OCC(=O)Nc1ccccc1C. The Morgan fingerprint density at radius 2 is 1.94 bits per heavy atom. The van der Waals surface area contributed by atoms with E-state index < -0.39 is 11.8 Å². The monoisotopic (exact) mass is 482 g/mol. The standard InChI is InChI=1S/C25H30N4O6/c1-3-33-22-13-18(14-27-29-25(32)24(31)26-15-19-8-6-12-34-19)10-11-21(22)35-16-23(30)28-20-9-5-4-7-17(20)2/h4-5,7,9-11,13-14,19H,3,6,8,12,15-16H2,1-2H3,(H,26,31)(H,28,30)(H,29,32)/b27-14-/t19-/m1/s1. The van der Waals surface area contributed by atoms with Crippen molar-refractivity contribution in [2.24, 2.45) is 5.10 Å². The third-order valence-corrected chi connectivity index (χ3v) is 5.15. The number of para-hydroxylation sites is 1. The molecule has 0 spiro atoms. The fourth-order valence-corrected chi connectivity index (χ4v) is 3.34. The Labute approximate surface area is 204 Å². The van der Waals surface area contributed by atoms with Crippen LogP contribution in [0.2, 0.25) is 0 Å². The van der Waals surface area contributed by atoms with Gasteiger partial charge in [0.2, 0.25) is 0 Å². The molecule has 1 heterocycles. The number of ether oxygens (including phenoxy) is 3. The van der Waals surface area contributed by atoms with Crippen molar-refractivity contribution in [3.8, 4) is 11.5 Å². The highest BCUT2D eigenvalue weighted by atomic mass is 16.5. The van der Waals surface area contributed by atoms with Gasteiger partial charge in [0.15, 0.2) is 18.1 Å². The van der Waals surface area contributed by atoms with E-state index in [1.165, 1.54) is 6.21 Å². The van der Waals surface area contributed by atoms with Crippen molar-refractivity contribution in [2.45, 2.75) is 32.8 Å². The minimum atomic E-state index is -0.871. The molecule has 3 rings (SSSR count). The van der Waals surface area contributed by atoms with Crippen LogP contribution in [0.25, 0.3) is 0 Å². The molecule has 10 heteroatoms. The third-order valence-electron chi connectivity index (χ3n) is 5.15.